The minimum absolute atomic E-state index is 0.0222. The standard InChI is InChI=1S/C19H18N4O7S/c1-11-14(8-20)18(24)22(13-5-6-31(28,29)10-13)19(25)15(11)9-21-16-7-12(23(26)27)3-4-17(16)30-2/h3-4,7,9,13,25H,5-6,10H2,1-2H3/t13-/m1/s1. The maximum absolute atomic E-state index is 12.7. The fourth-order valence-corrected chi connectivity index (χ4v) is 5.14. The molecule has 0 radical (unpaired) electrons. The lowest BCUT2D eigenvalue weighted by atomic mass is 10.0. The zero-order valence-electron chi connectivity index (χ0n) is 16.6. The summed E-state index contributed by atoms with van der Waals surface area (Å²) in [6.45, 7) is 1.45. The molecule has 162 valence electrons. The van der Waals surface area contributed by atoms with Gasteiger partial charge in [-0.2, -0.15) is 5.26 Å². The molecule has 3 rings (SSSR count). The summed E-state index contributed by atoms with van der Waals surface area (Å²) in [5.74, 6) is -0.761. The molecule has 1 N–H and O–H groups in total. The van der Waals surface area contributed by atoms with Crippen LogP contribution in [0, 0.1) is 28.4 Å². The summed E-state index contributed by atoms with van der Waals surface area (Å²) >= 11 is 0. The summed E-state index contributed by atoms with van der Waals surface area (Å²) < 4.78 is 29.8. The Morgan fingerprint density at radius 1 is 1.45 bits per heavy atom. The number of aliphatic imine (C=N–C) groups is 1. The Labute approximate surface area is 176 Å². The van der Waals surface area contributed by atoms with Gasteiger partial charge in [0.25, 0.3) is 11.2 Å². The van der Waals surface area contributed by atoms with Crippen molar-refractivity contribution in [2.24, 2.45) is 4.99 Å². The van der Waals surface area contributed by atoms with Crippen LogP contribution in [0.25, 0.3) is 0 Å². The molecule has 1 aromatic heterocycles. The second-order valence-electron chi connectivity index (χ2n) is 6.95. The highest BCUT2D eigenvalue weighted by atomic mass is 32.2. The highest BCUT2D eigenvalue weighted by Crippen LogP contribution is 2.33. The summed E-state index contributed by atoms with van der Waals surface area (Å²) in [4.78, 5) is 27.3. The van der Waals surface area contributed by atoms with Crippen molar-refractivity contribution in [1.82, 2.24) is 4.57 Å². The van der Waals surface area contributed by atoms with E-state index in [1.807, 2.05) is 0 Å². The van der Waals surface area contributed by atoms with Crippen molar-refractivity contribution in [3.05, 3.63) is 55.4 Å². The quantitative estimate of drug-likeness (QED) is 0.412. The van der Waals surface area contributed by atoms with Gasteiger partial charge in [0.05, 0.1) is 35.1 Å². The number of benzene rings is 1. The first-order valence-electron chi connectivity index (χ1n) is 9.04. The molecule has 1 fully saturated rings. The number of nitrogens with zero attached hydrogens (tertiary/aromatic N) is 4. The first-order chi connectivity index (χ1) is 14.6. The van der Waals surface area contributed by atoms with Gasteiger partial charge >= 0.3 is 0 Å². The van der Waals surface area contributed by atoms with Crippen molar-refractivity contribution in [1.29, 1.82) is 5.26 Å². The van der Waals surface area contributed by atoms with Crippen LogP contribution in [-0.4, -0.2) is 47.8 Å². The van der Waals surface area contributed by atoms with E-state index in [0.717, 1.165) is 10.8 Å². The van der Waals surface area contributed by atoms with Gasteiger partial charge in [-0.25, -0.2) is 8.42 Å². The Hall–Kier alpha value is -3.72. The number of nitro groups is 1. The molecule has 1 saturated heterocycles. The maximum Gasteiger partial charge on any atom is 0.271 e. The highest BCUT2D eigenvalue weighted by molar-refractivity contribution is 7.91. The van der Waals surface area contributed by atoms with Crippen molar-refractivity contribution < 1.29 is 23.2 Å². The van der Waals surface area contributed by atoms with Crippen molar-refractivity contribution in [2.45, 2.75) is 19.4 Å². The molecule has 2 aromatic rings. The zero-order valence-corrected chi connectivity index (χ0v) is 17.4. The molecule has 1 atom stereocenters. The van der Waals surface area contributed by atoms with Crippen LogP contribution < -0.4 is 10.3 Å². The number of sulfone groups is 1. The molecule has 0 aliphatic carbocycles. The smallest absolute Gasteiger partial charge is 0.271 e. The van der Waals surface area contributed by atoms with E-state index in [2.05, 4.69) is 4.99 Å². The first-order valence-corrected chi connectivity index (χ1v) is 10.9. The fraction of sp³-hybridized carbons (Fsp3) is 0.316. The van der Waals surface area contributed by atoms with Crippen LogP contribution in [0.1, 0.15) is 29.2 Å². The zero-order chi connectivity index (χ0) is 22.9. The lowest BCUT2D eigenvalue weighted by Gasteiger charge is -2.18. The predicted molar refractivity (Wildman–Crippen MR) is 111 cm³/mol. The van der Waals surface area contributed by atoms with Crippen LogP contribution in [0.2, 0.25) is 0 Å². The fourth-order valence-electron chi connectivity index (χ4n) is 3.44. The Morgan fingerprint density at radius 2 is 2.16 bits per heavy atom. The third-order valence-electron chi connectivity index (χ3n) is 5.07. The molecule has 11 nitrogen and oxygen atoms in total. The van der Waals surface area contributed by atoms with E-state index >= 15 is 0 Å². The molecule has 1 aliphatic rings. The molecule has 1 aromatic carbocycles. The molecule has 0 unspecified atom stereocenters. The van der Waals surface area contributed by atoms with E-state index in [-0.39, 0.29) is 51.7 Å². The molecule has 0 spiro atoms. The largest absolute Gasteiger partial charge is 0.494 e. The van der Waals surface area contributed by atoms with E-state index in [1.54, 1.807) is 6.07 Å². The van der Waals surface area contributed by atoms with Crippen LogP contribution in [-0.2, 0) is 9.84 Å². The monoisotopic (exact) mass is 446 g/mol. The van der Waals surface area contributed by atoms with E-state index in [1.165, 1.54) is 32.2 Å². The number of ether oxygens (including phenoxy) is 1. The Bertz CT molecular complexity index is 1310. The number of aromatic nitrogens is 1. The summed E-state index contributed by atoms with van der Waals surface area (Å²) in [7, 11) is -2.01. The van der Waals surface area contributed by atoms with Gasteiger partial charge in [0, 0.05) is 18.3 Å². The minimum Gasteiger partial charge on any atom is -0.494 e. The normalized spacial score (nSPS) is 17.5. The number of nitro benzene ring substituents is 1. The number of nitriles is 1. The van der Waals surface area contributed by atoms with Gasteiger partial charge < -0.3 is 9.84 Å². The number of rotatable bonds is 5. The second kappa shape index (κ2) is 8.19. The lowest BCUT2D eigenvalue weighted by Crippen LogP contribution is -2.29. The lowest BCUT2D eigenvalue weighted by molar-refractivity contribution is -0.384. The second-order valence-corrected chi connectivity index (χ2v) is 9.18. The molecule has 31 heavy (non-hydrogen) atoms. The van der Waals surface area contributed by atoms with Crippen molar-refractivity contribution in [2.75, 3.05) is 18.6 Å². The van der Waals surface area contributed by atoms with Gasteiger partial charge in [-0.1, -0.05) is 0 Å². The van der Waals surface area contributed by atoms with Gasteiger partial charge in [0.1, 0.15) is 23.1 Å². The van der Waals surface area contributed by atoms with Gasteiger partial charge in [-0.05, 0) is 25.0 Å². The number of hydrogen-bond acceptors (Lipinski definition) is 9. The van der Waals surface area contributed by atoms with Crippen LogP contribution in [0.3, 0.4) is 0 Å². The number of pyridine rings is 1. The van der Waals surface area contributed by atoms with Crippen LogP contribution in [0.5, 0.6) is 11.6 Å². The summed E-state index contributed by atoms with van der Waals surface area (Å²) in [5, 5.41) is 31.3. The van der Waals surface area contributed by atoms with Gasteiger partial charge in [0.15, 0.2) is 9.84 Å². The van der Waals surface area contributed by atoms with Gasteiger partial charge in [0.2, 0.25) is 5.88 Å². The van der Waals surface area contributed by atoms with E-state index in [9.17, 15) is 33.7 Å². The Morgan fingerprint density at radius 3 is 2.71 bits per heavy atom. The topological polar surface area (TPSA) is 165 Å². The average Bonchev–Trinajstić information content (AvgIpc) is 3.07. The van der Waals surface area contributed by atoms with Crippen LogP contribution >= 0.6 is 0 Å². The molecule has 1 aliphatic heterocycles. The predicted octanol–water partition coefficient (Wildman–Crippen LogP) is 1.76. The van der Waals surface area contributed by atoms with Crippen LogP contribution in [0.15, 0.2) is 28.0 Å². The number of non-ortho nitro benzene ring substituents is 1. The van der Waals surface area contributed by atoms with Crippen molar-refractivity contribution in [3.63, 3.8) is 0 Å². The maximum atomic E-state index is 12.7. The minimum atomic E-state index is -3.36. The van der Waals surface area contributed by atoms with Gasteiger partial charge in [-0.3, -0.25) is 24.5 Å². The third kappa shape index (κ3) is 4.13. The summed E-state index contributed by atoms with van der Waals surface area (Å²) in [6, 6.07) is 4.76. The van der Waals surface area contributed by atoms with Crippen LogP contribution in [0.4, 0.5) is 11.4 Å². The Balaban J connectivity index is 2.18. The highest BCUT2D eigenvalue weighted by Gasteiger charge is 2.33. The average molecular weight is 446 g/mol. The first kappa shape index (κ1) is 22.0. The third-order valence-corrected chi connectivity index (χ3v) is 6.82. The van der Waals surface area contributed by atoms with Crippen molar-refractivity contribution >= 4 is 27.4 Å². The number of hydrogen-bond donors (Lipinski definition) is 1. The summed E-state index contributed by atoms with van der Waals surface area (Å²) in [5.41, 5.74) is -1.01. The Kier molecular flexibility index (Phi) is 5.81. The number of methoxy groups -OCH3 is 1. The molecule has 0 amide bonds. The van der Waals surface area contributed by atoms with Crippen molar-refractivity contribution in [3.8, 4) is 17.7 Å². The van der Waals surface area contributed by atoms with Gasteiger partial charge in [-0.15, -0.1) is 0 Å². The van der Waals surface area contributed by atoms with E-state index in [4.69, 9.17) is 4.74 Å². The molecule has 0 bridgehead atoms. The van der Waals surface area contributed by atoms with E-state index < -0.39 is 32.2 Å². The molecular formula is C19H18N4O7S. The molecule has 2 heterocycles. The number of aromatic hydroxyl groups is 1. The molecular weight excluding hydrogens is 428 g/mol. The molecule has 0 saturated carbocycles. The molecule has 12 heteroatoms. The SMILES string of the molecule is COc1ccc([N+](=O)[O-])cc1N=Cc1c(C)c(C#N)c(=O)n([C@@H]2CCS(=O)(=O)C2)c1O. The summed E-state index contributed by atoms with van der Waals surface area (Å²) in [6.07, 6.45) is 1.28. The van der Waals surface area contributed by atoms with E-state index in [0.29, 0.717) is 0 Å².